The van der Waals surface area contributed by atoms with Gasteiger partial charge in [0.15, 0.2) is 0 Å². The van der Waals surface area contributed by atoms with E-state index in [1.54, 1.807) is 0 Å². The molecule has 74 valence electrons. The molecular weight excluding hydrogens is 194 g/mol. The normalized spacial score (nSPS) is 28.1. The predicted molar refractivity (Wildman–Crippen MR) is 47.6 cm³/mol. The number of nitrogens with two attached hydrogens (primary N) is 1. The smallest absolute Gasteiger partial charge is 0.321 e. The Labute approximate surface area is 79.3 Å². The van der Waals surface area contributed by atoms with Gasteiger partial charge in [0.05, 0.1) is 5.92 Å². The summed E-state index contributed by atoms with van der Waals surface area (Å²) in [5.74, 6) is -1.86. The molecule has 1 rings (SSSR count). The molecule has 1 saturated carbocycles. The number of carboxylic acids is 2. The summed E-state index contributed by atoms with van der Waals surface area (Å²) in [6.07, 6.45) is 0.631. The number of thioether (sulfide) groups is 1. The summed E-state index contributed by atoms with van der Waals surface area (Å²) in [5, 5.41) is 17.0. The minimum Gasteiger partial charge on any atom is -0.481 e. The number of carboxylic acid groups (broad SMARTS) is 2. The van der Waals surface area contributed by atoms with Crippen LogP contribution in [0.5, 0.6) is 0 Å². The maximum atomic E-state index is 10.4. The number of hydrogen-bond donors (Lipinski definition) is 3. The maximum Gasteiger partial charge on any atom is 0.321 e. The third-order valence-electron chi connectivity index (χ3n) is 1.86. The molecule has 0 bridgehead atoms. The molecule has 0 aromatic rings. The van der Waals surface area contributed by atoms with E-state index in [4.69, 9.17) is 15.9 Å². The van der Waals surface area contributed by atoms with Crippen molar-refractivity contribution in [2.75, 3.05) is 5.75 Å². The lowest BCUT2D eigenvalue weighted by Gasteiger charge is -2.04. The Morgan fingerprint density at radius 3 is 2.54 bits per heavy atom. The Bertz CT molecular complexity index is 233. The van der Waals surface area contributed by atoms with Crippen LogP contribution < -0.4 is 5.73 Å². The summed E-state index contributed by atoms with van der Waals surface area (Å²) in [7, 11) is 0. The van der Waals surface area contributed by atoms with Crippen molar-refractivity contribution in [2.24, 2.45) is 11.7 Å². The minimum absolute atomic E-state index is 0.0582. The molecule has 1 aliphatic rings. The number of aliphatic carboxylic acids is 2. The Balaban J connectivity index is 2.16. The molecule has 0 aromatic carbocycles. The van der Waals surface area contributed by atoms with Gasteiger partial charge in [0, 0.05) is 11.0 Å². The third-order valence-corrected chi connectivity index (χ3v) is 3.36. The van der Waals surface area contributed by atoms with Crippen LogP contribution in [-0.2, 0) is 9.59 Å². The van der Waals surface area contributed by atoms with Crippen LogP contribution in [0, 0.1) is 5.92 Å². The molecule has 4 N–H and O–H groups in total. The molecule has 13 heavy (non-hydrogen) atoms. The van der Waals surface area contributed by atoms with Gasteiger partial charge in [-0.2, -0.15) is 11.8 Å². The van der Waals surface area contributed by atoms with E-state index in [1.165, 1.54) is 11.8 Å². The van der Waals surface area contributed by atoms with Crippen LogP contribution in [0.2, 0.25) is 0 Å². The quantitative estimate of drug-likeness (QED) is 0.565. The highest BCUT2D eigenvalue weighted by Crippen LogP contribution is 2.41. The van der Waals surface area contributed by atoms with Crippen molar-refractivity contribution in [2.45, 2.75) is 17.7 Å². The van der Waals surface area contributed by atoms with Gasteiger partial charge in [-0.05, 0) is 6.42 Å². The fourth-order valence-electron chi connectivity index (χ4n) is 0.914. The first kappa shape index (κ1) is 10.3. The van der Waals surface area contributed by atoms with E-state index in [-0.39, 0.29) is 16.9 Å². The van der Waals surface area contributed by atoms with Crippen LogP contribution in [-0.4, -0.2) is 39.2 Å². The van der Waals surface area contributed by atoms with Gasteiger partial charge in [0.25, 0.3) is 0 Å². The zero-order valence-corrected chi connectivity index (χ0v) is 7.66. The van der Waals surface area contributed by atoms with Crippen LogP contribution in [0.1, 0.15) is 6.42 Å². The Kier molecular flexibility index (Phi) is 3.16. The first-order valence-electron chi connectivity index (χ1n) is 3.85. The van der Waals surface area contributed by atoms with Gasteiger partial charge in [-0.15, -0.1) is 0 Å². The van der Waals surface area contributed by atoms with Crippen LogP contribution in [0.4, 0.5) is 0 Å². The molecular formula is C7H11NO4S. The van der Waals surface area contributed by atoms with Crippen LogP contribution in [0.15, 0.2) is 0 Å². The largest absolute Gasteiger partial charge is 0.481 e. The predicted octanol–water partition coefficient (Wildman–Crippen LogP) is -0.395. The first-order chi connectivity index (χ1) is 6.02. The summed E-state index contributed by atoms with van der Waals surface area (Å²) in [4.78, 5) is 20.7. The molecule has 2 unspecified atom stereocenters. The molecule has 0 amide bonds. The van der Waals surface area contributed by atoms with Gasteiger partial charge in [-0.3, -0.25) is 9.59 Å². The second-order valence-corrected chi connectivity index (χ2v) is 4.27. The van der Waals surface area contributed by atoms with Crippen molar-refractivity contribution in [1.82, 2.24) is 0 Å². The van der Waals surface area contributed by atoms with Crippen molar-refractivity contribution in [1.29, 1.82) is 0 Å². The number of carbonyl (C=O) groups is 2. The lowest BCUT2D eigenvalue weighted by molar-refractivity contribution is -0.139. The van der Waals surface area contributed by atoms with Gasteiger partial charge in [0.2, 0.25) is 0 Å². The van der Waals surface area contributed by atoms with E-state index in [0.29, 0.717) is 6.42 Å². The summed E-state index contributed by atoms with van der Waals surface area (Å²) >= 11 is 1.33. The van der Waals surface area contributed by atoms with Gasteiger partial charge < -0.3 is 15.9 Å². The van der Waals surface area contributed by atoms with Crippen molar-refractivity contribution >= 4 is 23.7 Å². The summed E-state index contributed by atoms with van der Waals surface area (Å²) < 4.78 is 0. The summed E-state index contributed by atoms with van der Waals surface area (Å²) in [5.41, 5.74) is 5.25. The molecule has 0 spiro atoms. The molecule has 1 fully saturated rings. The molecule has 0 saturated heterocycles. The molecule has 0 radical (unpaired) electrons. The van der Waals surface area contributed by atoms with E-state index >= 15 is 0 Å². The van der Waals surface area contributed by atoms with E-state index in [1.807, 2.05) is 0 Å². The maximum absolute atomic E-state index is 10.4. The second-order valence-electron chi connectivity index (χ2n) is 3.00. The number of hydrogen-bond acceptors (Lipinski definition) is 4. The SMILES string of the molecule is N[C@@H](CSC1CC1C(=O)O)C(=O)O. The minimum atomic E-state index is -1.04. The van der Waals surface area contributed by atoms with Gasteiger partial charge >= 0.3 is 11.9 Å². The summed E-state index contributed by atoms with van der Waals surface area (Å²) in [6.45, 7) is 0. The van der Waals surface area contributed by atoms with Gasteiger partial charge in [0.1, 0.15) is 6.04 Å². The standard InChI is InChI=1S/C7H11NO4S/c8-4(7(11)12)2-13-5-1-3(5)6(9)10/h3-5H,1-2,8H2,(H,9,10)(H,11,12)/t3?,4-,5?/m0/s1. The highest BCUT2D eigenvalue weighted by atomic mass is 32.2. The highest BCUT2D eigenvalue weighted by Gasteiger charge is 2.43. The average Bonchev–Trinajstić information content (AvgIpc) is 2.78. The third kappa shape index (κ3) is 2.89. The molecule has 0 aliphatic heterocycles. The van der Waals surface area contributed by atoms with Crippen LogP contribution in [0.3, 0.4) is 0 Å². The zero-order chi connectivity index (χ0) is 10.0. The van der Waals surface area contributed by atoms with Crippen molar-refractivity contribution in [3.8, 4) is 0 Å². The molecule has 0 heterocycles. The fraction of sp³-hybridized carbons (Fsp3) is 0.714. The molecule has 1 aliphatic carbocycles. The highest BCUT2D eigenvalue weighted by molar-refractivity contribution is 8.00. The van der Waals surface area contributed by atoms with E-state index in [0.717, 1.165) is 0 Å². The lowest BCUT2D eigenvalue weighted by atomic mass is 10.4. The molecule has 0 aromatic heterocycles. The Morgan fingerprint density at radius 1 is 1.54 bits per heavy atom. The van der Waals surface area contributed by atoms with Gasteiger partial charge in [-0.1, -0.05) is 0 Å². The first-order valence-corrected chi connectivity index (χ1v) is 4.90. The molecule has 5 nitrogen and oxygen atoms in total. The molecule has 6 heteroatoms. The van der Waals surface area contributed by atoms with Crippen LogP contribution >= 0.6 is 11.8 Å². The monoisotopic (exact) mass is 205 g/mol. The van der Waals surface area contributed by atoms with E-state index in [2.05, 4.69) is 0 Å². The van der Waals surface area contributed by atoms with Gasteiger partial charge in [-0.25, -0.2) is 0 Å². The van der Waals surface area contributed by atoms with Crippen molar-refractivity contribution in [3.05, 3.63) is 0 Å². The van der Waals surface area contributed by atoms with E-state index in [9.17, 15) is 9.59 Å². The molecule has 3 atom stereocenters. The van der Waals surface area contributed by atoms with Crippen LogP contribution in [0.25, 0.3) is 0 Å². The topological polar surface area (TPSA) is 101 Å². The number of rotatable bonds is 5. The van der Waals surface area contributed by atoms with Crippen molar-refractivity contribution in [3.63, 3.8) is 0 Å². The zero-order valence-electron chi connectivity index (χ0n) is 6.84. The average molecular weight is 205 g/mol. The van der Waals surface area contributed by atoms with Crippen molar-refractivity contribution < 1.29 is 19.8 Å². The Hall–Kier alpha value is -0.750. The fourth-order valence-corrected chi connectivity index (χ4v) is 2.20. The lowest BCUT2D eigenvalue weighted by Crippen LogP contribution is -2.32. The van der Waals surface area contributed by atoms with E-state index < -0.39 is 18.0 Å². The summed E-state index contributed by atoms with van der Waals surface area (Å²) in [6, 6.07) is -0.889. The Morgan fingerprint density at radius 2 is 2.15 bits per heavy atom. The second kappa shape index (κ2) is 3.97.